The van der Waals surface area contributed by atoms with Crippen LogP contribution in [-0.4, -0.2) is 21.0 Å². The SMILES string of the molecule is O=C(CCCc1cccnc1)NCc1nc(-c2ccc(F)cc2)no1. The van der Waals surface area contributed by atoms with Crippen LogP contribution in [0.3, 0.4) is 0 Å². The molecule has 0 aliphatic rings. The topological polar surface area (TPSA) is 80.9 Å². The first kappa shape index (κ1) is 16.8. The molecule has 1 aromatic carbocycles. The van der Waals surface area contributed by atoms with Gasteiger partial charge in [-0.05, 0) is 48.7 Å². The van der Waals surface area contributed by atoms with Crippen molar-refractivity contribution in [2.45, 2.75) is 25.8 Å². The summed E-state index contributed by atoms with van der Waals surface area (Å²) in [7, 11) is 0. The van der Waals surface area contributed by atoms with Crippen LogP contribution in [0.4, 0.5) is 4.39 Å². The molecule has 0 atom stereocenters. The van der Waals surface area contributed by atoms with Gasteiger partial charge >= 0.3 is 0 Å². The van der Waals surface area contributed by atoms with Crippen LogP contribution in [0.25, 0.3) is 11.4 Å². The Kier molecular flexibility index (Phi) is 5.46. The Labute approximate surface area is 144 Å². The summed E-state index contributed by atoms with van der Waals surface area (Å²) in [5.74, 6) is 0.261. The van der Waals surface area contributed by atoms with Crippen molar-refractivity contribution in [1.29, 1.82) is 0 Å². The van der Waals surface area contributed by atoms with Crippen LogP contribution in [0.2, 0.25) is 0 Å². The molecule has 0 saturated heterocycles. The van der Waals surface area contributed by atoms with Gasteiger partial charge in [-0.2, -0.15) is 4.98 Å². The second kappa shape index (κ2) is 8.14. The third kappa shape index (κ3) is 4.94. The maximum absolute atomic E-state index is 12.9. The fraction of sp³-hybridized carbons (Fsp3) is 0.222. The standard InChI is InChI=1S/C18H17FN4O2/c19-15-8-6-14(7-9-15)18-22-17(25-23-18)12-21-16(24)5-1-3-13-4-2-10-20-11-13/h2,4,6-11H,1,3,5,12H2,(H,21,24). The molecule has 0 unspecified atom stereocenters. The van der Waals surface area contributed by atoms with Crippen LogP contribution in [-0.2, 0) is 17.8 Å². The van der Waals surface area contributed by atoms with Crippen LogP contribution in [0.1, 0.15) is 24.3 Å². The second-order valence-corrected chi connectivity index (χ2v) is 5.51. The molecule has 0 saturated carbocycles. The average molecular weight is 340 g/mol. The molecule has 1 N–H and O–H groups in total. The number of pyridine rings is 1. The molecular weight excluding hydrogens is 323 g/mol. The van der Waals surface area contributed by atoms with Crippen LogP contribution in [0, 0.1) is 5.82 Å². The van der Waals surface area contributed by atoms with Gasteiger partial charge in [-0.1, -0.05) is 11.2 Å². The van der Waals surface area contributed by atoms with Gasteiger partial charge < -0.3 is 9.84 Å². The van der Waals surface area contributed by atoms with E-state index in [0.717, 1.165) is 18.4 Å². The molecular formula is C18H17FN4O2. The molecule has 0 radical (unpaired) electrons. The molecule has 0 spiro atoms. The monoisotopic (exact) mass is 340 g/mol. The van der Waals surface area contributed by atoms with Crippen molar-refractivity contribution < 1.29 is 13.7 Å². The predicted molar refractivity (Wildman–Crippen MR) is 88.7 cm³/mol. The molecule has 6 nitrogen and oxygen atoms in total. The summed E-state index contributed by atoms with van der Waals surface area (Å²) < 4.78 is 18.0. The van der Waals surface area contributed by atoms with E-state index in [0.29, 0.717) is 23.7 Å². The predicted octanol–water partition coefficient (Wildman–Crippen LogP) is 2.91. The maximum atomic E-state index is 12.9. The first-order valence-electron chi connectivity index (χ1n) is 7.95. The lowest BCUT2D eigenvalue weighted by atomic mass is 10.1. The molecule has 7 heteroatoms. The van der Waals surface area contributed by atoms with Crippen LogP contribution in [0.15, 0.2) is 53.3 Å². The number of halogens is 1. The van der Waals surface area contributed by atoms with Gasteiger partial charge in [0.25, 0.3) is 0 Å². The van der Waals surface area contributed by atoms with Gasteiger partial charge in [0.1, 0.15) is 5.82 Å². The second-order valence-electron chi connectivity index (χ2n) is 5.51. The minimum absolute atomic E-state index is 0.0783. The Morgan fingerprint density at radius 2 is 2.04 bits per heavy atom. The molecule has 0 fully saturated rings. The van der Waals surface area contributed by atoms with Gasteiger partial charge in [0.05, 0.1) is 6.54 Å². The highest BCUT2D eigenvalue weighted by atomic mass is 19.1. The summed E-state index contributed by atoms with van der Waals surface area (Å²) in [6, 6.07) is 9.66. The summed E-state index contributed by atoms with van der Waals surface area (Å²) in [6.07, 6.45) is 5.47. The Morgan fingerprint density at radius 1 is 1.20 bits per heavy atom. The molecule has 128 valence electrons. The fourth-order valence-corrected chi connectivity index (χ4v) is 2.30. The number of nitrogens with one attached hydrogen (secondary N) is 1. The van der Waals surface area contributed by atoms with E-state index < -0.39 is 0 Å². The van der Waals surface area contributed by atoms with Gasteiger partial charge in [-0.25, -0.2) is 4.39 Å². The number of benzene rings is 1. The van der Waals surface area contributed by atoms with E-state index in [4.69, 9.17) is 4.52 Å². The molecule has 0 bridgehead atoms. The molecule has 1 amide bonds. The molecule has 25 heavy (non-hydrogen) atoms. The highest BCUT2D eigenvalue weighted by Gasteiger charge is 2.10. The summed E-state index contributed by atoms with van der Waals surface area (Å²) in [4.78, 5) is 20.1. The zero-order chi connectivity index (χ0) is 17.5. The van der Waals surface area contributed by atoms with Crippen LogP contribution >= 0.6 is 0 Å². The van der Waals surface area contributed by atoms with E-state index in [2.05, 4.69) is 20.4 Å². The highest BCUT2D eigenvalue weighted by Crippen LogP contribution is 2.16. The Bertz CT molecular complexity index is 819. The van der Waals surface area contributed by atoms with Crippen molar-refractivity contribution in [2.24, 2.45) is 0 Å². The van der Waals surface area contributed by atoms with Crippen molar-refractivity contribution in [3.63, 3.8) is 0 Å². The van der Waals surface area contributed by atoms with E-state index >= 15 is 0 Å². The van der Waals surface area contributed by atoms with Crippen LogP contribution < -0.4 is 5.32 Å². The number of nitrogens with zero attached hydrogens (tertiary/aromatic N) is 3. The number of carbonyl (C=O) groups excluding carboxylic acids is 1. The summed E-state index contributed by atoms with van der Waals surface area (Å²) >= 11 is 0. The lowest BCUT2D eigenvalue weighted by Gasteiger charge is -2.02. The first-order valence-corrected chi connectivity index (χ1v) is 7.95. The minimum Gasteiger partial charge on any atom is -0.347 e. The van der Waals surface area contributed by atoms with Crippen molar-refractivity contribution in [1.82, 2.24) is 20.4 Å². The summed E-state index contributed by atoms with van der Waals surface area (Å²) in [5.41, 5.74) is 1.76. The number of amides is 1. The number of carbonyl (C=O) groups is 1. The lowest BCUT2D eigenvalue weighted by Crippen LogP contribution is -2.22. The Morgan fingerprint density at radius 3 is 2.80 bits per heavy atom. The number of rotatable bonds is 7. The van der Waals surface area contributed by atoms with Gasteiger partial charge in [0, 0.05) is 24.4 Å². The molecule has 2 aromatic heterocycles. The normalized spacial score (nSPS) is 10.6. The van der Waals surface area contributed by atoms with E-state index in [1.807, 2.05) is 12.1 Å². The van der Waals surface area contributed by atoms with E-state index in [-0.39, 0.29) is 18.3 Å². The largest absolute Gasteiger partial charge is 0.347 e. The number of aromatic nitrogens is 3. The maximum Gasteiger partial charge on any atom is 0.246 e. The highest BCUT2D eigenvalue weighted by molar-refractivity contribution is 5.75. The zero-order valence-corrected chi connectivity index (χ0v) is 13.5. The summed E-state index contributed by atoms with van der Waals surface area (Å²) in [6.45, 7) is 0.167. The third-order valence-electron chi connectivity index (χ3n) is 3.60. The first-order chi connectivity index (χ1) is 12.2. The van der Waals surface area contributed by atoms with E-state index in [9.17, 15) is 9.18 Å². The zero-order valence-electron chi connectivity index (χ0n) is 13.5. The Hall–Kier alpha value is -3.09. The van der Waals surface area contributed by atoms with Crippen LogP contribution in [0.5, 0.6) is 0 Å². The van der Waals surface area contributed by atoms with Gasteiger partial charge in [0.15, 0.2) is 0 Å². The number of hydrogen-bond donors (Lipinski definition) is 1. The van der Waals surface area contributed by atoms with Crippen molar-refractivity contribution in [3.05, 3.63) is 66.1 Å². The lowest BCUT2D eigenvalue weighted by molar-refractivity contribution is -0.121. The molecule has 0 aliphatic heterocycles. The number of aryl methyl sites for hydroxylation is 1. The van der Waals surface area contributed by atoms with Gasteiger partial charge in [-0.3, -0.25) is 9.78 Å². The quantitative estimate of drug-likeness (QED) is 0.715. The third-order valence-corrected chi connectivity index (χ3v) is 3.60. The van der Waals surface area contributed by atoms with Gasteiger partial charge in [-0.15, -0.1) is 0 Å². The average Bonchev–Trinajstić information content (AvgIpc) is 3.10. The Balaban J connectivity index is 1.44. The van der Waals surface area contributed by atoms with E-state index in [1.165, 1.54) is 12.1 Å². The minimum atomic E-state index is -0.328. The van der Waals surface area contributed by atoms with Crippen molar-refractivity contribution >= 4 is 5.91 Å². The summed E-state index contributed by atoms with van der Waals surface area (Å²) in [5, 5.41) is 6.58. The molecule has 0 aliphatic carbocycles. The smallest absolute Gasteiger partial charge is 0.246 e. The fourth-order valence-electron chi connectivity index (χ4n) is 2.30. The molecule has 2 heterocycles. The van der Waals surface area contributed by atoms with Gasteiger partial charge in [0.2, 0.25) is 17.6 Å². The van der Waals surface area contributed by atoms with Crippen molar-refractivity contribution in [3.8, 4) is 11.4 Å². The molecule has 3 aromatic rings. The van der Waals surface area contributed by atoms with E-state index in [1.54, 1.807) is 24.5 Å². The number of hydrogen-bond acceptors (Lipinski definition) is 5. The molecule has 3 rings (SSSR count). The van der Waals surface area contributed by atoms with Crippen molar-refractivity contribution in [2.75, 3.05) is 0 Å².